The standard InChI is InChI=1S/C28H22N2O4/c1-5-13-15(7-3)27(33)21-17(25(13)31)9-11-19-23(21)29-20-12-10-18-22(24(20)30-19)28(34)16(8-4)14(6-2)26(18)32/h5-13,15,23,29H,1,3H2,2,4H3/p+1/b14-6+,16-8+. The van der Waals surface area contributed by atoms with E-state index in [1.54, 1.807) is 50.3 Å². The first kappa shape index (κ1) is 21.6. The second kappa shape index (κ2) is 7.70. The zero-order valence-corrected chi connectivity index (χ0v) is 18.9. The van der Waals surface area contributed by atoms with Crippen LogP contribution >= 0.6 is 0 Å². The molecular formula is C28H23N2O4+. The van der Waals surface area contributed by atoms with E-state index in [9.17, 15) is 19.2 Å². The van der Waals surface area contributed by atoms with Crippen molar-refractivity contribution >= 4 is 40.2 Å². The van der Waals surface area contributed by atoms with Crippen molar-refractivity contribution in [1.82, 2.24) is 0 Å². The number of anilines is 1. The monoisotopic (exact) mass is 451 g/mol. The van der Waals surface area contributed by atoms with E-state index in [2.05, 4.69) is 23.5 Å². The number of fused-ring (bicyclic) bond motifs is 5. The predicted molar refractivity (Wildman–Crippen MR) is 129 cm³/mol. The highest BCUT2D eigenvalue weighted by atomic mass is 16.1. The lowest BCUT2D eigenvalue weighted by atomic mass is 9.69. The van der Waals surface area contributed by atoms with Gasteiger partial charge in [0.1, 0.15) is 17.3 Å². The van der Waals surface area contributed by atoms with Gasteiger partial charge in [-0.1, -0.05) is 24.3 Å². The zero-order valence-electron chi connectivity index (χ0n) is 18.9. The molecule has 0 fully saturated rings. The summed E-state index contributed by atoms with van der Waals surface area (Å²) in [7, 11) is 0. The number of allylic oxidation sites excluding steroid dienone is 8. The molecule has 0 aromatic heterocycles. The van der Waals surface area contributed by atoms with Crippen LogP contribution in [0.4, 0.5) is 11.4 Å². The van der Waals surface area contributed by atoms with Gasteiger partial charge in [-0.25, -0.2) is 4.99 Å². The number of nitrogens with one attached hydrogen (secondary N) is 2. The minimum Gasteiger partial charge on any atom is -0.364 e. The van der Waals surface area contributed by atoms with Gasteiger partial charge in [-0.05, 0) is 32.1 Å². The Balaban J connectivity index is 1.67. The van der Waals surface area contributed by atoms with E-state index >= 15 is 0 Å². The Morgan fingerprint density at radius 1 is 0.882 bits per heavy atom. The average Bonchev–Trinajstić information content (AvgIpc) is 2.85. The van der Waals surface area contributed by atoms with Crippen molar-refractivity contribution in [2.45, 2.75) is 19.9 Å². The van der Waals surface area contributed by atoms with Crippen LogP contribution in [-0.4, -0.2) is 34.9 Å². The van der Waals surface area contributed by atoms with Crippen LogP contribution in [0.2, 0.25) is 0 Å². The molecule has 4 aliphatic rings. The van der Waals surface area contributed by atoms with Crippen molar-refractivity contribution in [2.24, 2.45) is 11.8 Å². The summed E-state index contributed by atoms with van der Waals surface area (Å²) in [4.78, 5) is 56.2. The maximum absolute atomic E-state index is 13.4. The van der Waals surface area contributed by atoms with Gasteiger partial charge in [-0.15, -0.1) is 13.2 Å². The third-order valence-electron chi connectivity index (χ3n) is 6.95. The summed E-state index contributed by atoms with van der Waals surface area (Å²) >= 11 is 0. The molecule has 2 N–H and O–H groups in total. The molecule has 1 aromatic carbocycles. The third-order valence-corrected chi connectivity index (χ3v) is 6.95. The zero-order chi connectivity index (χ0) is 24.3. The van der Waals surface area contributed by atoms with Crippen LogP contribution < -0.4 is 10.3 Å². The minimum absolute atomic E-state index is 0.166. The van der Waals surface area contributed by atoms with Gasteiger partial charge in [0.05, 0.1) is 11.8 Å². The van der Waals surface area contributed by atoms with Crippen LogP contribution in [0.15, 0.2) is 84.0 Å². The first-order chi connectivity index (χ1) is 16.4. The van der Waals surface area contributed by atoms with E-state index in [0.717, 1.165) is 0 Å². The molecule has 34 heavy (non-hydrogen) atoms. The van der Waals surface area contributed by atoms with Gasteiger partial charge >= 0.3 is 0 Å². The molecule has 1 aliphatic heterocycles. The Kier molecular flexibility index (Phi) is 4.90. The van der Waals surface area contributed by atoms with E-state index < -0.39 is 17.9 Å². The lowest BCUT2D eigenvalue weighted by Crippen LogP contribution is -2.74. The smallest absolute Gasteiger partial charge is 0.239 e. The van der Waals surface area contributed by atoms with Crippen LogP contribution in [0.3, 0.4) is 0 Å². The van der Waals surface area contributed by atoms with Gasteiger partial charge < -0.3 is 5.32 Å². The first-order valence-corrected chi connectivity index (χ1v) is 11.1. The Labute approximate surface area is 196 Å². The summed E-state index contributed by atoms with van der Waals surface area (Å²) in [6.07, 6.45) is 9.68. The number of ketones is 4. The largest absolute Gasteiger partial charge is 0.364 e. The van der Waals surface area contributed by atoms with Crippen LogP contribution in [0, 0.1) is 11.8 Å². The topological polar surface area (TPSA) is 94.3 Å². The molecule has 0 saturated carbocycles. The molecule has 0 spiro atoms. The van der Waals surface area contributed by atoms with Crippen molar-refractivity contribution in [2.75, 3.05) is 5.32 Å². The minimum atomic E-state index is -0.682. The molecule has 6 heteroatoms. The van der Waals surface area contributed by atoms with Crippen LogP contribution in [0.5, 0.6) is 0 Å². The molecule has 1 aromatic rings. The number of hydrogen-bond donors (Lipinski definition) is 2. The van der Waals surface area contributed by atoms with E-state index in [4.69, 9.17) is 0 Å². The summed E-state index contributed by atoms with van der Waals surface area (Å²) in [5.74, 6) is -2.12. The molecule has 0 bridgehead atoms. The van der Waals surface area contributed by atoms with Gasteiger partial charge in [0.15, 0.2) is 17.3 Å². The number of Topliss-reactive ketones (excluding diaryl/α,β-unsaturated/α-hetero) is 4. The highest BCUT2D eigenvalue weighted by Crippen LogP contribution is 2.40. The van der Waals surface area contributed by atoms with Crippen LogP contribution in [0.1, 0.15) is 34.6 Å². The maximum atomic E-state index is 13.4. The lowest BCUT2D eigenvalue weighted by molar-refractivity contribution is -0.355. The Hall–Kier alpha value is -4.19. The summed E-state index contributed by atoms with van der Waals surface area (Å²) in [6.45, 7) is 11.0. The summed E-state index contributed by atoms with van der Waals surface area (Å²) in [5, 5.41) is 3.33. The van der Waals surface area contributed by atoms with Crippen LogP contribution in [0.25, 0.3) is 0 Å². The number of rotatable bonds is 2. The lowest BCUT2D eigenvalue weighted by Gasteiger charge is -2.34. The molecule has 3 aliphatic carbocycles. The molecule has 0 amide bonds. The highest BCUT2D eigenvalue weighted by Gasteiger charge is 2.48. The number of carbonyl (C=O) groups excluding carboxylic acids is 4. The Bertz CT molecular complexity index is 1410. The van der Waals surface area contributed by atoms with Gasteiger partial charge in [-0.2, -0.15) is 0 Å². The predicted octanol–water partition coefficient (Wildman–Crippen LogP) is 2.53. The second-order valence-electron chi connectivity index (χ2n) is 8.54. The number of hydrogen-bond acceptors (Lipinski definition) is 5. The molecule has 0 saturated heterocycles. The van der Waals surface area contributed by atoms with Crippen molar-refractivity contribution in [3.63, 3.8) is 0 Å². The van der Waals surface area contributed by atoms with E-state index in [-0.39, 0.29) is 23.1 Å². The molecule has 3 atom stereocenters. The fraction of sp³-hybridized carbons (Fsp3) is 0.179. The summed E-state index contributed by atoms with van der Waals surface area (Å²) in [6, 6.07) is 2.77. The number of benzene rings is 1. The van der Waals surface area contributed by atoms with E-state index in [0.29, 0.717) is 50.5 Å². The summed E-state index contributed by atoms with van der Waals surface area (Å²) < 4.78 is 0. The van der Waals surface area contributed by atoms with Gasteiger partial charge in [-0.3, -0.25) is 19.2 Å². The fourth-order valence-corrected chi connectivity index (χ4v) is 5.29. The number of carbonyl (C=O) groups is 4. The van der Waals surface area contributed by atoms with E-state index in [1.807, 2.05) is 0 Å². The van der Waals surface area contributed by atoms with Crippen molar-refractivity contribution in [1.29, 1.82) is 0 Å². The Morgan fingerprint density at radius 2 is 1.53 bits per heavy atom. The van der Waals surface area contributed by atoms with Crippen molar-refractivity contribution in [3.8, 4) is 0 Å². The first-order valence-electron chi connectivity index (χ1n) is 11.1. The average molecular weight is 452 g/mol. The molecule has 5 rings (SSSR count). The maximum Gasteiger partial charge on any atom is 0.239 e. The van der Waals surface area contributed by atoms with Gasteiger partial charge in [0, 0.05) is 33.9 Å². The van der Waals surface area contributed by atoms with Crippen LogP contribution in [-0.2, 0) is 9.59 Å². The van der Waals surface area contributed by atoms with Crippen molar-refractivity contribution in [3.05, 3.63) is 95.2 Å². The molecule has 1 heterocycles. The Morgan fingerprint density at radius 3 is 2.18 bits per heavy atom. The molecule has 168 valence electrons. The molecule has 0 radical (unpaired) electrons. The normalized spacial score (nSPS) is 27.6. The van der Waals surface area contributed by atoms with Crippen molar-refractivity contribution < 1.29 is 24.2 Å². The van der Waals surface area contributed by atoms with Gasteiger partial charge in [0.25, 0.3) is 0 Å². The SMILES string of the molecule is C=CC1C(=O)C2=C(C(=O)C1C=C)C1Nc3ccc4c(c3[NH+]=C1C=C2)C(=O)C(=C/C)/C(=C\C)C4=O. The van der Waals surface area contributed by atoms with E-state index in [1.165, 1.54) is 12.2 Å². The third kappa shape index (κ3) is 2.71. The second-order valence-corrected chi connectivity index (χ2v) is 8.54. The fourth-order valence-electron chi connectivity index (χ4n) is 5.29. The molecule has 3 unspecified atom stereocenters. The quantitative estimate of drug-likeness (QED) is 0.532. The molecule has 6 nitrogen and oxygen atoms in total. The highest BCUT2D eigenvalue weighted by molar-refractivity contribution is 6.33. The molecular weight excluding hydrogens is 428 g/mol. The van der Waals surface area contributed by atoms with Gasteiger partial charge in [0.2, 0.25) is 17.2 Å². The summed E-state index contributed by atoms with van der Waals surface area (Å²) in [5.41, 5.74) is 3.81.